The van der Waals surface area contributed by atoms with Gasteiger partial charge in [0.15, 0.2) is 0 Å². The lowest BCUT2D eigenvalue weighted by atomic mass is 10.1. The molecule has 24 heavy (non-hydrogen) atoms. The number of carbonyl (C=O) groups excluding carboxylic acids is 1. The van der Waals surface area contributed by atoms with Gasteiger partial charge in [-0.2, -0.15) is 0 Å². The monoisotopic (exact) mass is 385 g/mol. The van der Waals surface area contributed by atoms with Gasteiger partial charge in [-0.3, -0.25) is 4.79 Å². The van der Waals surface area contributed by atoms with Gasteiger partial charge in [0.05, 0.1) is 6.42 Å². The second-order valence-corrected chi connectivity index (χ2v) is 6.27. The highest BCUT2D eigenvalue weighted by Gasteiger charge is 2.07. The number of hydrogen-bond donors (Lipinski definition) is 2. The summed E-state index contributed by atoms with van der Waals surface area (Å²) in [5.41, 5.74) is 2.58. The van der Waals surface area contributed by atoms with Crippen molar-refractivity contribution in [1.82, 2.24) is 0 Å². The molecule has 0 spiro atoms. The number of anilines is 1. The van der Waals surface area contributed by atoms with Crippen LogP contribution in [-0.4, -0.2) is 11.0 Å². The van der Waals surface area contributed by atoms with Gasteiger partial charge in [0.1, 0.15) is 18.1 Å². The van der Waals surface area contributed by atoms with Crippen LogP contribution in [0.1, 0.15) is 11.3 Å². The number of amides is 1. The number of hydrogen-bond acceptors (Lipinski definition) is 3. The van der Waals surface area contributed by atoms with E-state index in [0.29, 0.717) is 17.9 Å². The molecule has 0 unspecified atom stereocenters. The zero-order valence-corrected chi connectivity index (χ0v) is 14.4. The summed E-state index contributed by atoms with van der Waals surface area (Å²) in [6.45, 7) is -0.121. The van der Waals surface area contributed by atoms with Crippen molar-refractivity contribution >= 4 is 27.5 Å². The lowest BCUT2D eigenvalue weighted by Gasteiger charge is -2.06. The topological polar surface area (TPSA) is 62.5 Å². The molecule has 0 aliphatic heterocycles. The van der Waals surface area contributed by atoms with Crippen molar-refractivity contribution in [2.75, 3.05) is 5.32 Å². The minimum Gasteiger partial charge on any atom is -0.459 e. The van der Waals surface area contributed by atoms with E-state index in [0.717, 1.165) is 21.3 Å². The number of nitrogens with one attached hydrogen (secondary N) is 1. The van der Waals surface area contributed by atoms with E-state index in [1.54, 1.807) is 6.07 Å². The molecule has 4 nitrogen and oxygen atoms in total. The van der Waals surface area contributed by atoms with Crippen LogP contribution < -0.4 is 5.32 Å². The molecule has 3 rings (SSSR count). The molecule has 0 saturated carbocycles. The quantitative estimate of drug-likeness (QED) is 0.684. The minimum absolute atomic E-state index is 0.0642. The minimum atomic E-state index is -0.121. The maximum Gasteiger partial charge on any atom is 0.228 e. The van der Waals surface area contributed by atoms with E-state index < -0.39 is 0 Å². The average molecular weight is 386 g/mol. The van der Waals surface area contributed by atoms with Gasteiger partial charge < -0.3 is 14.8 Å². The lowest BCUT2D eigenvalue weighted by Crippen LogP contribution is -2.14. The van der Waals surface area contributed by atoms with E-state index in [9.17, 15) is 4.79 Å². The Morgan fingerprint density at radius 1 is 1.00 bits per heavy atom. The summed E-state index contributed by atoms with van der Waals surface area (Å²) in [5.74, 6) is 1.15. The molecule has 0 bridgehead atoms. The zero-order chi connectivity index (χ0) is 16.9. The second kappa shape index (κ2) is 7.47. The fourth-order valence-corrected chi connectivity index (χ4v) is 2.59. The van der Waals surface area contributed by atoms with E-state index in [1.807, 2.05) is 54.6 Å². The van der Waals surface area contributed by atoms with Crippen molar-refractivity contribution in [3.05, 3.63) is 76.5 Å². The van der Waals surface area contributed by atoms with Crippen molar-refractivity contribution < 1.29 is 14.3 Å². The van der Waals surface area contributed by atoms with E-state index in [1.165, 1.54) is 0 Å². The Morgan fingerprint density at radius 2 is 1.71 bits per heavy atom. The molecule has 2 N–H and O–H groups in total. The lowest BCUT2D eigenvalue weighted by molar-refractivity contribution is -0.115. The zero-order valence-electron chi connectivity index (χ0n) is 12.8. The summed E-state index contributed by atoms with van der Waals surface area (Å²) in [5, 5.41) is 11.9. The van der Waals surface area contributed by atoms with Crippen molar-refractivity contribution in [1.29, 1.82) is 0 Å². The average Bonchev–Trinajstić information content (AvgIpc) is 3.07. The van der Waals surface area contributed by atoms with E-state index in [-0.39, 0.29) is 12.5 Å². The molecule has 0 fully saturated rings. The largest absolute Gasteiger partial charge is 0.459 e. The molecular weight excluding hydrogens is 370 g/mol. The van der Waals surface area contributed by atoms with Gasteiger partial charge in [-0.1, -0.05) is 28.1 Å². The summed E-state index contributed by atoms with van der Waals surface area (Å²) in [6.07, 6.45) is 0.326. The van der Waals surface area contributed by atoms with Crippen LogP contribution in [0.5, 0.6) is 0 Å². The first-order valence-electron chi connectivity index (χ1n) is 7.48. The third-order valence-corrected chi connectivity index (χ3v) is 4.08. The van der Waals surface area contributed by atoms with E-state index in [2.05, 4.69) is 21.2 Å². The van der Waals surface area contributed by atoms with Crippen LogP contribution in [0.2, 0.25) is 0 Å². The molecule has 2 aromatic carbocycles. The Morgan fingerprint density at radius 3 is 2.33 bits per heavy atom. The summed E-state index contributed by atoms with van der Waals surface area (Å²) in [6, 6.07) is 18.6. The van der Waals surface area contributed by atoms with Gasteiger partial charge >= 0.3 is 0 Å². The Balaban J connectivity index is 1.63. The fourth-order valence-electron chi connectivity index (χ4n) is 2.33. The van der Waals surface area contributed by atoms with Crippen LogP contribution in [0.25, 0.3) is 11.3 Å². The van der Waals surface area contributed by atoms with Crippen LogP contribution in [-0.2, 0) is 17.8 Å². The van der Waals surface area contributed by atoms with Crippen LogP contribution in [0.3, 0.4) is 0 Å². The summed E-state index contributed by atoms with van der Waals surface area (Å²) in [4.78, 5) is 12.1. The van der Waals surface area contributed by atoms with Crippen LogP contribution in [0.4, 0.5) is 5.69 Å². The molecule has 0 aliphatic rings. The number of aliphatic hydroxyl groups excluding tert-OH is 1. The van der Waals surface area contributed by atoms with E-state index >= 15 is 0 Å². The highest BCUT2D eigenvalue weighted by molar-refractivity contribution is 9.10. The van der Waals surface area contributed by atoms with Gasteiger partial charge in [-0.05, 0) is 54.1 Å². The molecule has 0 radical (unpaired) electrons. The third kappa shape index (κ3) is 4.13. The molecule has 5 heteroatoms. The van der Waals surface area contributed by atoms with Gasteiger partial charge in [-0.25, -0.2) is 0 Å². The summed E-state index contributed by atoms with van der Waals surface area (Å²) >= 11 is 3.38. The summed E-state index contributed by atoms with van der Waals surface area (Å²) in [7, 11) is 0. The van der Waals surface area contributed by atoms with Crippen LogP contribution >= 0.6 is 15.9 Å². The number of rotatable bonds is 5. The summed E-state index contributed by atoms with van der Waals surface area (Å²) < 4.78 is 6.48. The second-order valence-electron chi connectivity index (χ2n) is 5.35. The molecule has 1 amide bonds. The molecule has 3 aromatic rings. The van der Waals surface area contributed by atoms with Crippen LogP contribution in [0.15, 0.2) is 69.6 Å². The Bertz CT molecular complexity index is 823. The Labute approximate surface area is 148 Å². The maximum absolute atomic E-state index is 12.1. The number of benzene rings is 2. The Kier molecular flexibility index (Phi) is 5.13. The highest BCUT2D eigenvalue weighted by atomic mass is 79.9. The van der Waals surface area contributed by atoms with Crippen molar-refractivity contribution in [3.8, 4) is 11.3 Å². The number of halogens is 1. The first kappa shape index (κ1) is 16.5. The third-order valence-electron chi connectivity index (χ3n) is 3.55. The molecule has 0 saturated heterocycles. The van der Waals surface area contributed by atoms with Crippen molar-refractivity contribution in [2.24, 2.45) is 0 Å². The van der Waals surface area contributed by atoms with Crippen LogP contribution in [0, 0.1) is 0 Å². The van der Waals surface area contributed by atoms with Gasteiger partial charge in [0, 0.05) is 15.7 Å². The number of carbonyl (C=O) groups is 1. The molecule has 0 atom stereocenters. The normalized spacial score (nSPS) is 10.6. The first-order chi connectivity index (χ1) is 11.6. The van der Waals surface area contributed by atoms with Gasteiger partial charge in [0.2, 0.25) is 5.91 Å². The molecule has 0 aliphatic carbocycles. The smallest absolute Gasteiger partial charge is 0.228 e. The number of furan rings is 1. The first-order valence-corrected chi connectivity index (χ1v) is 8.27. The predicted molar refractivity (Wildman–Crippen MR) is 96.5 cm³/mol. The fraction of sp³-hybridized carbons (Fsp3) is 0.105. The van der Waals surface area contributed by atoms with Crippen molar-refractivity contribution in [2.45, 2.75) is 13.0 Å². The van der Waals surface area contributed by atoms with Gasteiger partial charge in [0.25, 0.3) is 0 Å². The molecule has 122 valence electrons. The number of aliphatic hydroxyl groups is 1. The molecule has 1 aromatic heterocycles. The van der Waals surface area contributed by atoms with E-state index in [4.69, 9.17) is 9.52 Å². The SMILES string of the molecule is O=C(Cc1ccc(Br)cc1)Nc1ccc(-c2ccc(CO)o2)cc1. The van der Waals surface area contributed by atoms with Crippen molar-refractivity contribution in [3.63, 3.8) is 0 Å². The molecular formula is C19H16BrNO3. The standard InChI is InChI=1S/C19H16BrNO3/c20-15-5-1-13(2-6-15)11-19(23)21-16-7-3-14(4-8-16)18-10-9-17(12-22)24-18/h1-10,22H,11-12H2,(H,21,23). The highest BCUT2D eigenvalue weighted by Crippen LogP contribution is 2.24. The Hall–Kier alpha value is -2.37. The predicted octanol–water partition coefficient (Wildman–Crippen LogP) is 4.38. The van der Waals surface area contributed by atoms with Gasteiger partial charge in [-0.15, -0.1) is 0 Å². The maximum atomic E-state index is 12.1. The molecule has 1 heterocycles.